The van der Waals surface area contributed by atoms with Gasteiger partial charge in [-0.2, -0.15) is 0 Å². The van der Waals surface area contributed by atoms with Gasteiger partial charge < -0.3 is 4.74 Å². The number of carbonyl (C=O) groups excluding carboxylic acids is 1. The van der Waals surface area contributed by atoms with Crippen LogP contribution in [0.2, 0.25) is 0 Å². The van der Waals surface area contributed by atoms with Gasteiger partial charge in [0, 0.05) is 6.42 Å². The van der Waals surface area contributed by atoms with Crippen LogP contribution in [0.5, 0.6) is 0 Å². The molecule has 0 aromatic carbocycles. The highest BCUT2D eigenvalue weighted by Crippen LogP contribution is 2.20. The lowest BCUT2D eigenvalue weighted by atomic mass is 10.0. The molecule has 1 fully saturated rings. The Morgan fingerprint density at radius 2 is 1.38 bits per heavy atom. The number of carbonyl (C=O) groups is 1. The molecule has 1 rings (SSSR count). The molecule has 0 spiro atoms. The number of unbranched alkanes of at least 4 members (excludes halogenated alkanes) is 11. The van der Waals surface area contributed by atoms with Crippen LogP contribution in [-0.4, -0.2) is 12.1 Å². The Hall–Kier alpha value is -0.530. The Morgan fingerprint density at radius 1 is 0.857 bits per heavy atom. The molecule has 0 aromatic heterocycles. The summed E-state index contributed by atoms with van der Waals surface area (Å²) in [5, 5.41) is 0. The largest absolute Gasteiger partial charge is 0.462 e. The summed E-state index contributed by atoms with van der Waals surface area (Å²) in [5.41, 5.74) is 0. The standard InChI is InChI=1S/C19H36O2/c1-2-3-4-5-6-7-8-9-10-11-12-13-15-18-16-14-17-19(20)21-18/h18H,2-17H2,1H3/t18-/m1/s1. The van der Waals surface area contributed by atoms with Gasteiger partial charge in [0.1, 0.15) is 6.10 Å². The van der Waals surface area contributed by atoms with Crippen molar-refractivity contribution in [3.8, 4) is 0 Å². The smallest absolute Gasteiger partial charge is 0.306 e. The quantitative estimate of drug-likeness (QED) is 0.300. The summed E-state index contributed by atoms with van der Waals surface area (Å²) in [7, 11) is 0. The lowest BCUT2D eigenvalue weighted by Gasteiger charge is -2.21. The zero-order chi connectivity index (χ0) is 15.2. The lowest BCUT2D eigenvalue weighted by molar-refractivity contribution is -0.154. The van der Waals surface area contributed by atoms with Crippen LogP contribution in [0.15, 0.2) is 0 Å². The molecule has 0 amide bonds. The summed E-state index contributed by atoms with van der Waals surface area (Å²) >= 11 is 0. The first kappa shape index (κ1) is 18.5. The van der Waals surface area contributed by atoms with Crippen molar-refractivity contribution in [1.29, 1.82) is 0 Å². The molecule has 0 saturated carbocycles. The van der Waals surface area contributed by atoms with Gasteiger partial charge >= 0.3 is 5.97 Å². The fraction of sp³-hybridized carbons (Fsp3) is 0.947. The molecule has 21 heavy (non-hydrogen) atoms. The highest BCUT2D eigenvalue weighted by atomic mass is 16.5. The van der Waals surface area contributed by atoms with Gasteiger partial charge in [0.05, 0.1) is 0 Å². The number of cyclic esters (lactones) is 1. The van der Waals surface area contributed by atoms with Gasteiger partial charge in [0.15, 0.2) is 0 Å². The predicted octanol–water partition coefficient (Wildman–Crippen LogP) is 6.17. The van der Waals surface area contributed by atoms with Gasteiger partial charge in [-0.15, -0.1) is 0 Å². The minimum Gasteiger partial charge on any atom is -0.462 e. The number of esters is 1. The second-order valence-electron chi connectivity index (χ2n) is 6.68. The Balaban J connectivity index is 1.75. The molecule has 1 aliphatic rings. The van der Waals surface area contributed by atoms with Gasteiger partial charge in [-0.25, -0.2) is 0 Å². The highest BCUT2D eigenvalue weighted by Gasteiger charge is 2.19. The average Bonchev–Trinajstić information content (AvgIpc) is 2.48. The molecule has 124 valence electrons. The lowest BCUT2D eigenvalue weighted by Crippen LogP contribution is -2.23. The Morgan fingerprint density at radius 3 is 1.90 bits per heavy atom. The topological polar surface area (TPSA) is 26.3 Å². The first-order valence-electron chi connectivity index (χ1n) is 9.52. The van der Waals surface area contributed by atoms with Crippen LogP contribution in [0.4, 0.5) is 0 Å². The SMILES string of the molecule is CCCCCCCCCCCCCC[C@@H]1CCCC(=O)O1. The second kappa shape index (κ2) is 13.2. The van der Waals surface area contributed by atoms with Crippen molar-refractivity contribution in [1.82, 2.24) is 0 Å². The van der Waals surface area contributed by atoms with Crippen LogP contribution in [0, 0.1) is 0 Å². The van der Waals surface area contributed by atoms with E-state index in [2.05, 4.69) is 6.92 Å². The van der Waals surface area contributed by atoms with Crippen LogP contribution in [-0.2, 0) is 9.53 Å². The van der Waals surface area contributed by atoms with Crippen molar-refractivity contribution in [2.45, 2.75) is 116 Å². The molecule has 1 heterocycles. The van der Waals surface area contributed by atoms with Gasteiger partial charge in [-0.3, -0.25) is 4.79 Å². The Bertz CT molecular complexity index is 250. The van der Waals surface area contributed by atoms with Gasteiger partial charge in [0.2, 0.25) is 0 Å². The van der Waals surface area contributed by atoms with Crippen molar-refractivity contribution in [3.63, 3.8) is 0 Å². The zero-order valence-corrected chi connectivity index (χ0v) is 14.2. The fourth-order valence-corrected chi connectivity index (χ4v) is 3.19. The summed E-state index contributed by atoms with van der Waals surface area (Å²) in [4.78, 5) is 11.2. The average molecular weight is 296 g/mol. The molecule has 0 aromatic rings. The van der Waals surface area contributed by atoms with E-state index >= 15 is 0 Å². The summed E-state index contributed by atoms with van der Waals surface area (Å²) in [6.45, 7) is 2.28. The summed E-state index contributed by atoms with van der Waals surface area (Å²) in [6, 6.07) is 0. The number of rotatable bonds is 13. The number of ether oxygens (including phenoxy) is 1. The molecule has 1 aliphatic heterocycles. The summed E-state index contributed by atoms with van der Waals surface area (Å²) < 4.78 is 5.35. The normalized spacial score (nSPS) is 18.7. The van der Waals surface area contributed by atoms with Crippen LogP contribution in [0.1, 0.15) is 110 Å². The maximum Gasteiger partial charge on any atom is 0.306 e. The fourth-order valence-electron chi connectivity index (χ4n) is 3.19. The predicted molar refractivity (Wildman–Crippen MR) is 89.4 cm³/mol. The van der Waals surface area contributed by atoms with E-state index in [0.717, 1.165) is 19.3 Å². The van der Waals surface area contributed by atoms with E-state index in [1.165, 1.54) is 77.0 Å². The molecule has 0 radical (unpaired) electrons. The first-order valence-corrected chi connectivity index (χ1v) is 9.52. The number of hydrogen-bond donors (Lipinski definition) is 0. The van der Waals surface area contributed by atoms with E-state index in [1.54, 1.807) is 0 Å². The minimum absolute atomic E-state index is 0.0187. The van der Waals surface area contributed by atoms with Crippen LogP contribution < -0.4 is 0 Å². The van der Waals surface area contributed by atoms with Crippen molar-refractivity contribution in [3.05, 3.63) is 0 Å². The highest BCUT2D eigenvalue weighted by molar-refractivity contribution is 5.70. The second-order valence-corrected chi connectivity index (χ2v) is 6.68. The van der Waals surface area contributed by atoms with E-state index in [9.17, 15) is 4.79 Å². The molecular formula is C19H36O2. The van der Waals surface area contributed by atoms with Crippen LogP contribution in [0.25, 0.3) is 0 Å². The van der Waals surface area contributed by atoms with Gasteiger partial charge in [0.25, 0.3) is 0 Å². The van der Waals surface area contributed by atoms with Crippen LogP contribution in [0.3, 0.4) is 0 Å². The van der Waals surface area contributed by atoms with E-state index in [0.29, 0.717) is 6.42 Å². The molecule has 0 unspecified atom stereocenters. The van der Waals surface area contributed by atoms with E-state index in [4.69, 9.17) is 4.74 Å². The van der Waals surface area contributed by atoms with Crippen molar-refractivity contribution in [2.75, 3.05) is 0 Å². The third kappa shape index (κ3) is 10.8. The maximum absolute atomic E-state index is 11.2. The Labute approximate surface area is 132 Å². The Kier molecular flexibility index (Phi) is 11.6. The number of hydrogen-bond acceptors (Lipinski definition) is 2. The molecule has 1 atom stereocenters. The van der Waals surface area contributed by atoms with Crippen molar-refractivity contribution in [2.24, 2.45) is 0 Å². The summed E-state index contributed by atoms with van der Waals surface area (Å²) in [5.74, 6) is 0.0187. The van der Waals surface area contributed by atoms with Gasteiger partial charge in [-0.1, -0.05) is 77.6 Å². The third-order valence-corrected chi connectivity index (χ3v) is 4.58. The van der Waals surface area contributed by atoms with Gasteiger partial charge in [-0.05, 0) is 25.7 Å². The molecule has 1 saturated heterocycles. The minimum atomic E-state index is 0.0187. The molecular weight excluding hydrogens is 260 g/mol. The summed E-state index contributed by atoms with van der Waals surface area (Å²) in [6.07, 6.45) is 20.7. The molecule has 2 heteroatoms. The van der Waals surface area contributed by atoms with Crippen molar-refractivity contribution >= 4 is 5.97 Å². The van der Waals surface area contributed by atoms with Crippen molar-refractivity contribution < 1.29 is 9.53 Å². The third-order valence-electron chi connectivity index (χ3n) is 4.58. The first-order chi connectivity index (χ1) is 10.3. The van der Waals surface area contributed by atoms with E-state index < -0.39 is 0 Å². The monoisotopic (exact) mass is 296 g/mol. The zero-order valence-electron chi connectivity index (χ0n) is 14.2. The molecule has 2 nitrogen and oxygen atoms in total. The van der Waals surface area contributed by atoms with Crippen LogP contribution >= 0.6 is 0 Å². The maximum atomic E-state index is 11.2. The van der Waals surface area contributed by atoms with E-state index in [-0.39, 0.29) is 12.1 Å². The van der Waals surface area contributed by atoms with E-state index in [1.807, 2.05) is 0 Å². The molecule has 0 bridgehead atoms. The molecule has 0 aliphatic carbocycles. The molecule has 0 N–H and O–H groups in total.